The van der Waals surface area contributed by atoms with Crippen LogP contribution in [0.15, 0.2) is 29.2 Å². The van der Waals surface area contributed by atoms with Crippen molar-refractivity contribution >= 4 is 10.0 Å². The lowest BCUT2D eigenvalue weighted by atomic mass is 9.99. The van der Waals surface area contributed by atoms with E-state index in [-0.39, 0.29) is 11.7 Å². The Balaban J connectivity index is 1.73. The Kier molecular flexibility index (Phi) is 3.58. The molecule has 0 aliphatic carbocycles. The van der Waals surface area contributed by atoms with Crippen LogP contribution in [0.3, 0.4) is 0 Å². The molecule has 8 heteroatoms. The first-order valence-corrected chi connectivity index (χ1v) is 8.12. The largest absolute Gasteiger partial charge is 0.364 e. The zero-order chi connectivity index (χ0) is 14.0. The predicted octanol–water partition coefficient (Wildman–Crippen LogP) is 1.11. The summed E-state index contributed by atoms with van der Waals surface area (Å²) in [6.45, 7) is 1.02. The molecule has 1 aliphatic heterocycles. The topological polar surface area (TPSA) is 92.1 Å². The van der Waals surface area contributed by atoms with E-state index in [0.717, 1.165) is 18.7 Å². The molecule has 0 radical (unpaired) electrons. The van der Waals surface area contributed by atoms with Crippen LogP contribution in [0.4, 0.5) is 0 Å². The van der Waals surface area contributed by atoms with Crippen LogP contribution in [0, 0.1) is 0 Å². The quantitative estimate of drug-likeness (QED) is 0.912. The summed E-state index contributed by atoms with van der Waals surface area (Å²) in [5, 5.41) is 3.67. The fourth-order valence-corrected chi connectivity index (χ4v) is 4.03. The predicted molar refractivity (Wildman–Crippen MR) is 71.3 cm³/mol. The molecule has 0 spiro atoms. The fourth-order valence-electron chi connectivity index (χ4n) is 2.51. The zero-order valence-corrected chi connectivity index (χ0v) is 11.7. The van der Waals surface area contributed by atoms with Gasteiger partial charge in [0.1, 0.15) is 17.8 Å². The fraction of sp³-hybridized carbons (Fsp3) is 0.500. The van der Waals surface area contributed by atoms with Crippen molar-refractivity contribution in [3.8, 4) is 0 Å². The Morgan fingerprint density at radius 2 is 2.40 bits per heavy atom. The van der Waals surface area contributed by atoms with Gasteiger partial charge in [-0.15, -0.1) is 0 Å². The molecule has 108 valence electrons. The molecule has 0 saturated carbocycles. The maximum atomic E-state index is 12.4. The highest BCUT2D eigenvalue weighted by atomic mass is 32.2. The second-order valence-electron chi connectivity index (χ2n) is 4.92. The van der Waals surface area contributed by atoms with Gasteiger partial charge in [0.15, 0.2) is 0 Å². The Hall–Kier alpha value is -1.67. The molecule has 0 unspecified atom stereocenters. The van der Waals surface area contributed by atoms with E-state index >= 15 is 0 Å². The van der Waals surface area contributed by atoms with Crippen LogP contribution in [0.5, 0.6) is 0 Å². The minimum Gasteiger partial charge on any atom is -0.364 e. The van der Waals surface area contributed by atoms with Crippen LogP contribution in [-0.4, -0.2) is 40.9 Å². The van der Waals surface area contributed by atoms with Gasteiger partial charge in [0.05, 0.1) is 5.69 Å². The number of aromatic amines is 1. The number of sulfonamides is 1. The summed E-state index contributed by atoms with van der Waals surface area (Å²) in [6.07, 6.45) is 6.62. The smallest absolute Gasteiger partial charge is 0.219 e. The van der Waals surface area contributed by atoms with Gasteiger partial charge < -0.3 is 9.51 Å². The second-order valence-corrected chi connectivity index (χ2v) is 6.89. The van der Waals surface area contributed by atoms with Gasteiger partial charge in [-0.05, 0) is 12.8 Å². The first-order valence-electron chi connectivity index (χ1n) is 6.51. The number of rotatable bonds is 4. The summed E-state index contributed by atoms with van der Waals surface area (Å²) in [5.74, 6) is 0.867. The van der Waals surface area contributed by atoms with E-state index in [2.05, 4.69) is 19.6 Å². The van der Waals surface area contributed by atoms with Crippen molar-refractivity contribution in [2.24, 2.45) is 0 Å². The lowest BCUT2D eigenvalue weighted by Crippen LogP contribution is -2.40. The third-order valence-corrected chi connectivity index (χ3v) is 5.28. The standard InChI is InChI=1S/C12H16N4O3S/c17-20(18,9-11-3-7-19-15-11)16-6-1-2-10(8-16)12-13-4-5-14-12/h3-5,7,10H,1-2,6,8-9H2,(H,13,14)/t10-/m1/s1. The van der Waals surface area contributed by atoms with Crippen LogP contribution in [0.1, 0.15) is 30.3 Å². The van der Waals surface area contributed by atoms with Gasteiger partial charge in [-0.1, -0.05) is 5.16 Å². The van der Waals surface area contributed by atoms with E-state index < -0.39 is 10.0 Å². The Bertz CT molecular complexity index is 636. The molecular weight excluding hydrogens is 280 g/mol. The molecule has 1 fully saturated rings. The molecule has 20 heavy (non-hydrogen) atoms. The Morgan fingerprint density at radius 1 is 1.50 bits per heavy atom. The normalized spacial score (nSPS) is 21.1. The van der Waals surface area contributed by atoms with E-state index in [1.165, 1.54) is 10.6 Å². The molecule has 3 rings (SSSR count). The lowest BCUT2D eigenvalue weighted by Gasteiger charge is -2.30. The first kappa shape index (κ1) is 13.3. The van der Waals surface area contributed by atoms with E-state index in [1.54, 1.807) is 18.5 Å². The van der Waals surface area contributed by atoms with Gasteiger partial charge in [0.25, 0.3) is 0 Å². The molecule has 3 heterocycles. The highest BCUT2D eigenvalue weighted by Crippen LogP contribution is 2.26. The minimum absolute atomic E-state index is 0.117. The molecule has 0 aromatic carbocycles. The number of aromatic nitrogens is 3. The van der Waals surface area contributed by atoms with Crippen LogP contribution < -0.4 is 0 Å². The summed E-state index contributed by atoms with van der Waals surface area (Å²) < 4.78 is 31.0. The number of imidazole rings is 1. The van der Waals surface area contributed by atoms with Crippen molar-refractivity contribution in [1.29, 1.82) is 0 Å². The van der Waals surface area contributed by atoms with Crippen molar-refractivity contribution in [1.82, 2.24) is 19.4 Å². The number of nitrogens with one attached hydrogen (secondary N) is 1. The van der Waals surface area contributed by atoms with Crippen molar-refractivity contribution in [3.63, 3.8) is 0 Å². The molecule has 2 aromatic heterocycles. The second kappa shape index (κ2) is 5.37. The van der Waals surface area contributed by atoms with Crippen molar-refractivity contribution < 1.29 is 12.9 Å². The molecule has 1 N–H and O–H groups in total. The molecule has 0 amide bonds. The van der Waals surface area contributed by atoms with Crippen LogP contribution in [0.2, 0.25) is 0 Å². The summed E-state index contributed by atoms with van der Waals surface area (Å²) in [4.78, 5) is 7.29. The van der Waals surface area contributed by atoms with Gasteiger partial charge in [-0.2, -0.15) is 0 Å². The maximum Gasteiger partial charge on any atom is 0.219 e. The lowest BCUT2D eigenvalue weighted by molar-refractivity contribution is 0.309. The molecule has 1 atom stereocenters. The zero-order valence-electron chi connectivity index (χ0n) is 10.9. The van der Waals surface area contributed by atoms with Gasteiger partial charge in [0, 0.05) is 37.5 Å². The Morgan fingerprint density at radius 3 is 3.10 bits per heavy atom. The maximum absolute atomic E-state index is 12.4. The first-order chi connectivity index (χ1) is 9.65. The minimum atomic E-state index is -3.36. The van der Waals surface area contributed by atoms with E-state index in [9.17, 15) is 8.42 Å². The Labute approximate surface area is 117 Å². The number of hydrogen-bond acceptors (Lipinski definition) is 5. The molecule has 1 aliphatic rings. The van der Waals surface area contributed by atoms with Crippen molar-refractivity contribution in [3.05, 3.63) is 36.2 Å². The summed E-state index contributed by atoms with van der Waals surface area (Å²) in [5.41, 5.74) is 0.435. The number of piperidine rings is 1. The van der Waals surface area contributed by atoms with Gasteiger partial charge >= 0.3 is 0 Å². The van der Waals surface area contributed by atoms with E-state index in [0.29, 0.717) is 18.8 Å². The summed E-state index contributed by atoms with van der Waals surface area (Å²) in [7, 11) is -3.36. The van der Waals surface area contributed by atoms with E-state index in [1.807, 2.05) is 0 Å². The van der Waals surface area contributed by atoms with Gasteiger partial charge in [-0.3, -0.25) is 0 Å². The van der Waals surface area contributed by atoms with Gasteiger partial charge in [-0.25, -0.2) is 17.7 Å². The average Bonchev–Trinajstić information content (AvgIpc) is 3.11. The monoisotopic (exact) mass is 296 g/mol. The highest BCUT2D eigenvalue weighted by molar-refractivity contribution is 7.88. The average molecular weight is 296 g/mol. The van der Waals surface area contributed by atoms with E-state index in [4.69, 9.17) is 0 Å². The molecule has 1 saturated heterocycles. The van der Waals surface area contributed by atoms with Gasteiger partial charge in [0.2, 0.25) is 10.0 Å². The third-order valence-electron chi connectivity index (χ3n) is 3.51. The molecule has 2 aromatic rings. The molecule has 7 nitrogen and oxygen atoms in total. The number of H-pyrrole nitrogens is 1. The van der Waals surface area contributed by atoms with Crippen molar-refractivity contribution in [2.45, 2.75) is 24.5 Å². The van der Waals surface area contributed by atoms with Crippen LogP contribution >= 0.6 is 0 Å². The van der Waals surface area contributed by atoms with Crippen LogP contribution in [0.25, 0.3) is 0 Å². The SMILES string of the molecule is O=S(=O)(Cc1ccon1)N1CCC[C@@H](c2ncc[nH]2)C1. The molecular formula is C12H16N4O3S. The highest BCUT2D eigenvalue weighted by Gasteiger charge is 2.31. The third kappa shape index (κ3) is 2.75. The van der Waals surface area contributed by atoms with Crippen molar-refractivity contribution in [2.75, 3.05) is 13.1 Å². The summed E-state index contributed by atoms with van der Waals surface area (Å²) >= 11 is 0. The number of hydrogen-bond donors (Lipinski definition) is 1. The molecule has 0 bridgehead atoms. The van der Waals surface area contributed by atoms with Crippen LogP contribution in [-0.2, 0) is 15.8 Å². The number of nitrogens with zero attached hydrogens (tertiary/aromatic N) is 3. The summed E-state index contributed by atoms with van der Waals surface area (Å²) in [6, 6.07) is 1.57.